The number of carboxylic acids is 1. The van der Waals surface area contributed by atoms with Gasteiger partial charge in [-0.2, -0.15) is 18.3 Å². The molecule has 128 valence electrons. The van der Waals surface area contributed by atoms with E-state index in [2.05, 4.69) is 10.1 Å². The number of carboxylic acid groups (broad SMARTS) is 1. The van der Waals surface area contributed by atoms with Crippen molar-refractivity contribution < 1.29 is 23.1 Å². The van der Waals surface area contributed by atoms with Gasteiger partial charge < -0.3 is 5.11 Å². The van der Waals surface area contributed by atoms with Gasteiger partial charge >= 0.3 is 12.1 Å². The zero-order chi connectivity index (χ0) is 18.1. The van der Waals surface area contributed by atoms with Gasteiger partial charge in [0.15, 0.2) is 5.82 Å². The molecule has 0 atom stereocenters. The van der Waals surface area contributed by atoms with Crippen molar-refractivity contribution in [3.8, 4) is 5.82 Å². The molecule has 0 aromatic carbocycles. The molecule has 0 aliphatic carbocycles. The van der Waals surface area contributed by atoms with E-state index in [9.17, 15) is 18.0 Å². The molecule has 2 aromatic rings. The molecule has 8 heteroatoms. The Morgan fingerprint density at radius 1 is 1.25 bits per heavy atom. The normalized spacial score (nSPS) is 12.8. The van der Waals surface area contributed by atoms with Crippen LogP contribution in [-0.4, -0.2) is 25.8 Å². The lowest BCUT2D eigenvalue weighted by Crippen LogP contribution is -2.14. The molecule has 2 rings (SSSR count). The van der Waals surface area contributed by atoms with Crippen LogP contribution in [0.4, 0.5) is 13.2 Å². The second kappa shape index (κ2) is 6.10. The molecule has 24 heavy (non-hydrogen) atoms. The van der Waals surface area contributed by atoms with E-state index in [4.69, 9.17) is 5.11 Å². The van der Waals surface area contributed by atoms with E-state index in [-0.39, 0.29) is 11.2 Å². The Kier molecular flexibility index (Phi) is 4.50. The third kappa shape index (κ3) is 4.01. The SMILES string of the molecule is CC(C)(C)c1nn(-c2ccc(C(F)(F)F)cn2)cc1C=CC(=O)O. The number of halogens is 3. The van der Waals surface area contributed by atoms with Gasteiger partial charge in [-0.15, -0.1) is 0 Å². The maximum Gasteiger partial charge on any atom is 0.417 e. The minimum atomic E-state index is -4.46. The van der Waals surface area contributed by atoms with Crippen LogP contribution in [0.1, 0.15) is 37.6 Å². The fourth-order valence-electron chi connectivity index (χ4n) is 2.06. The summed E-state index contributed by atoms with van der Waals surface area (Å²) in [5.74, 6) is -0.890. The summed E-state index contributed by atoms with van der Waals surface area (Å²) in [6.07, 6.45) is 0.199. The predicted octanol–water partition coefficient (Wildman–Crippen LogP) is 3.68. The van der Waals surface area contributed by atoms with Gasteiger partial charge in [0.2, 0.25) is 0 Å². The van der Waals surface area contributed by atoms with Crippen LogP contribution in [0.25, 0.3) is 11.9 Å². The summed E-state index contributed by atoms with van der Waals surface area (Å²) in [6.45, 7) is 5.70. The number of rotatable bonds is 3. The first-order valence-electron chi connectivity index (χ1n) is 7.03. The number of aliphatic carboxylic acids is 1. The van der Waals surface area contributed by atoms with Crippen LogP contribution in [0.2, 0.25) is 0 Å². The van der Waals surface area contributed by atoms with E-state index >= 15 is 0 Å². The van der Waals surface area contributed by atoms with Gasteiger partial charge in [-0.3, -0.25) is 0 Å². The first kappa shape index (κ1) is 17.7. The Labute approximate surface area is 136 Å². The summed E-state index contributed by atoms with van der Waals surface area (Å²) in [5, 5.41) is 13.1. The number of hydrogen-bond acceptors (Lipinski definition) is 3. The van der Waals surface area contributed by atoms with E-state index in [1.165, 1.54) is 23.0 Å². The lowest BCUT2D eigenvalue weighted by molar-refractivity contribution is -0.137. The fraction of sp³-hybridized carbons (Fsp3) is 0.312. The predicted molar refractivity (Wildman–Crippen MR) is 81.7 cm³/mol. The second-order valence-electron chi connectivity index (χ2n) is 6.20. The summed E-state index contributed by atoms with van der Waals surface area (Å²) in [5.41, 5.74) is -0.0521. The number of aromatic nitrogens is 3. The molecule has 5 nitrogen and oxygen atoms in total. The molecule has 0 unspecified atom stereocenters. The molecule has 0 fully saturated rings. The Hall–Kier alpha value is -2.64. The van der Waals surface area contributed by atoms with Crippen molar-refractivity contribution in [2.24, 2.45) is 0 Å². The van der Waals surface area contributed by atoms with Crippen LogP contribution in [0, 0.1) is 0 Å². The monoisotopic (exact) mass is 339 g/mol. The Morgan fingerprint density at radius 3 is 2.38 bits per heavy atom. The highest BCUT2D eigenvalue weighted by molar-refractivity contribution is 5.85. The smallest absolute Gasteiger partial charge is 0.417 e. The van der Waals surface area contributed by atoms with Crippen LogP contribution in [0.15, 0.2) is 30.6 Å². The molecule has 0 amide bonds. The highest BCUT2D eigenvalue weighted by atomic mass is 19.4. The zero-order valence-electron chi connectivity index (χ0n) is 13.3. The first-order valence-corrected chi connectivity index (χ1v) is 7.03. The topological polar surface area (TPSA) is 68.0 Å². The first-order chi connectivity index (χ1) is 11.0. The molecular weight excluding hydrogens is 323 g/mol. The van der Waals surface area contributed by atoms with Crippen molar-refractivity contribution >= 4 is 12.0 Å². The van der Waals surface area contributed by atoms with E-state index in [1.807, 2.05) is 20.8 Å². The van der Waals surface area contributed by atoms with Gasteiger partial charge in [0, 0.05) is 29.4 Å². The van der Waals surface area contributed by atoms with E-state index < -0.39 is 17.7 Å². The van der Waals surface area contributed by atoms with Crippen molar-refractivity contribution in [1.82, 2.24) is 14.8 Å². The number of alkyl halides is 3. The minimum Gasteiger partial charge on any atom is -0.478 e. The summed E-state index contributed by atoms with van der Waals surface area (Å²) >= 11 is 0. The van der Waals surface area contributed by atoms with Crippen LogP contribution in [0.5, 0.6) is 0 Å². The largest absolute Gasteiger partial charge is 0.478 e. The lowest BCUT2D eigenvalue weighted by Gasteiger charge is -2.16. The van der Waals surface area contributed by atoms with Gasteiger partial charge in [0.1, 0.15) is 0 Å². The van der Waals surface area contributed by atoms with Crippen molar-refractivity contribution in [2.75, 3.05) is 0 Å². The Balaban J connectivity index is 2.46. The van der Waals surface area contributed by atoms with Gasteiger partial charge in [0.25, 0.3) is 0 Å². The highest BCUT2D eigenvalue weighted by Gasteiger charge is 2.31. The molecule has 0 saturated carbocycles. The summed E-state index contributed by atoms with van der Waals surface area (Å²) < 4.78 is 39.1. The number of pyridine rings is 1. The summed E-state index contributed by atoms with van der Waals surface area (Å²) in [4.78, 5) is 14.5. The average molecular weight is 339 g/mol. The fourth-order valence-corrected chi connectivity index (χ4v) is 2.06. The minimum absolute atomic E-state index is 0.212. The standard InChI is InChI=1S/C16H16F3N3O2/c1-15(2,3)14-10(4-7-13(23)24)9-22(21-14)12-6-5-11(8-20-12)16(17,18)19/h4-9H,1-3H3,(H,23,24). The maximum absolute atomic E-state index is 12.6. The molecule has 1 N–H and O–H groups in total. The van der Waals surface area contributed by atoms with E-state index in [0.29, 0.717) is 11.3 Å². The lowest BCUT2D eigenvalue weighted by atomic mass is 9.89. The van der Waals surface area contributed by atoms with Crippen LogP contribution in [-0.2, 0) is 16.4 Å². The van der Waals surface area contributed by atoms with Crippen LogP contribution < -0.4 is 0 Å². The molecule has 0 aliphatic rings. The van der Waals surface area contributed by atoms with Crippen molar-refractivity contribution in [3.63, 3.8) is 0 Å². The molecule has 0 bridgehead atoms. The zero-order valence-corrected chi connectivity index (χ0v) is 13.3. The third-order valence-corrected chi connectivity index (χ3v) is 3.17. The summed E-state index contributed by atoms with van der Waals surface area (Å²) in [7, 11) is 0. The third-order valence-electron chi connectivity index (χ3n) is 3.17. The molecule has 2 aromatic heterocycles. The van der Waals surface area contributed by atoms with Crippen molar-refractivity contribution in [3.05, 3.63) is 47.4 Å². The molecule has 2 heterocycles. The second-order valence-corrected chi connectivity index (χ2v) is 6.20. The Bertz CT molecular complexity index is 769. The number of carbonyl (C=O) groups is 1. The molecule has 0 radical (unpaired) electrons. The summed E-state index contributed by atoms with van der Waals surface area (Å²) in [6, 6.07) is 2.14. The van der Waals surface area contributed by atoms with Crippen LogP contribution >= 0.6 is 0 Å². The van der Waals surface area contributed by atoms with Crippen LogP contribution in [0.3, 0.4) is 0 Å². The molecular formula is C16H16F3N3O2. The average Bonchev–Trinajstić information content (AvgIpc) is 2.88. The number of hydrogen-bond donors (Lipinski definition) is 1. The van der Waals surface area contributed by atoms with Crippen molar-refractivity contribution in [2.45, 2.75) is 32.4 Å². The van der Waals surface area contributed by atoms with Gasteiger partial charge in [-0.05, 0) is 18.2 Å². The quantitative estimate of drug-likeness (QED) is 0.866. The maximum atomic E-state index is 12.6. The molecule has 0 spiro atoms. The van der Waals surface area contributed by atoms with Gasteiger partial charge in [-0.1, -0.05) is 20.8 Å². The highest BCUT2D eigenvalue weighted by Crippen LogP contribution is 2.29. The van der Waals surface area contributed by atoms with Gasteiger partial charge in [-0.25, -0.2) is 14.5 Å². The molecule has 0 saturated heterocycles. The molecule has 0 aliphatic heterocycles. The van der Waals surface area contributed by atoms with E-state index in [0.717, 1.165) is 18.3 Å². The van der Waals surface area contributed by atoms with E-state index in [1.54, 1.807) is 0 Å². The van der Waals surface area contributed by atoms with Crippen molar-refractivity contribution in [1.29, 1.82) is 0 Å². The number of nitrogens with zero attached hydrogens (tertiary/aromatic N) is 3. The Morgan fingerprint density at radius 2 is 1.92 bits per heavy atom. The van der Waals surface area contributed by atoms with Gasteiger partial charge in [0.05, 0.1) is 11.3 Å².